The number of anilines is 1. The molecule has 0 unspecified atom stereocenters. The highest BCUT2D eigenvalue weighted by molar-refractivity contribution is 9.10. The van der Waals surface area contributed by atoms with Crippen molar-refractivity contribution in [3.8, 4) is 0 Å². The zero-order valence-electron chi connectivity index (χ0n) is 11.7. The number of carbonyl (C=O) groups is 1. The zero-order chi connectivity index (χ0) is 15.1. The summed E-state index contributed by atoms with van der Waals surface area (Å²) in [7, 11) is 0. The van der Waals surface area contributed by atoms with Gasteiger partial charge in [-0.3, -0.25) is 4.79 Å². The molecule has 0 saturated heterocycles. The number of nitrogens with zero attached hydrogens (tertiary/aromatic N) is 2. The van der Waals surface area contributed by atoms with Crippen molar-refractivity contribution in [1.82, 2.24) is 9.78 Å². The van der Waals surface area contributed by atoms with E-state index in [2.05, 4.69) is 26.3 Å². The average Bonchev–Trinajstić information content (AvgIpc) is 2.89. The van der Waals surface area contributed by atoms with Crippen LogP contribution in [0.2, 0.25) is 0 Å². The number of hydrogen-bond donors (Lipinski definition) is 1. The number of nitrogens with one attached hydrogen (secondary N) is 1. The lowest BCUT2D eigenvalue weighted by Crippen LogP contribution is -2.13. The standard InChI is InChI=1S/C16H16BrN3O/c1-2-3-4-5-16(21)19-15-10-11-18-20(15)12-13-6-8-14(17)9-7-13/h2-11H,12H2,1H3,(H,19,21)/b3-2+,5-4+. The molecule has 0 fully saturated rings. The molecule has 1 heterocycles. The second-order valence-corrected chi connectivity index (χ2v) is 5.29. The van der Waals surface area contributed by atoms with Crippen molar-refractivity contribution in [3.05, 3.63) is 70.9 Å². The SMILES string of the molecule is C/C=C/C=C/C(=O)Nc1ccnn1Cc1ccc(Br)cc1. The maximum atomic E-state index is 11.8. The van der Waals surface area contributed by atoms with Crippen LogP contribution in [0.4, 0.5) is 5.82 Å². The summed E-state index contributed by atoms with van der Waals surface area (Å²) in [6.45, 7) is 2.50. The van der Waals surface area contributed by atoms with Crippen molar-refractivity contribution < 1.29 is 4.79 Å². The number of allylic oxidation sites excluding steroid dienone is 3. The normalized spacial score (nSPS) is 11.3. The van der Waals surface area contributed by atoms with E-state index in [0.29, 0.717) is 12.4 Å². The van der Waals surface area contributed by atoms with Crippen molar-refractivity contribution >= 4 is 27.7 Å². The molecule has 4 nitrogen and oxygen atoms in total. The molecule has 2 aromatic rings. The second-order valence-electron chi connectivity index (χ2n) is 4.37. The second kappa shape index (κ2) is 7.59. The Morgan fingerprint density at radius 3 is 2.76 bits per heavy atom. The fourth-order valence-corrected chi connectivity index (χ4v) is 2.01. The Bertz CT molecular complexity index is 656. The smallest absolute Gasteiger partial charge is 0.249 e. The Morgan fingerprint density at radius 1 is 1.29 bits per heavy atom. The average molecular weight is 346 g/mol. The summed E-state index contributed by atoms with van der Waals surface area (Å²) >= 11 is 3.41. The Morgan fingerprint density at radius 2 is 2.05 bits per heavy atom. The van der Waals surface area contributed by atoms with Crippen LogP contribution in [0.25, 0.3) is 0 Å². The molecule has 0 atom stereocenters. The van der Waals surface area contributed by atoms with Crippen LogP contribution in [-0.4, -0.2) is 15.7 Å². The Labute approximate surface area is 132 Å². The predicted molar refractivity (Wildman–Crippen MR) is 88.1 cm³/mol. The number of benzene rings is 1. The van der Waals surface area contributed by atoms with Crippen molar-refractivity contribution in [2.45, 2.75) is 13.5 Å². The quantitative estimate of drug-likeness (QED) is 0.662. The third-order valence-corrected chi connectivity index (χ3v) is 3.29. The number of aromatic nitrogens is 2. The summed E-state index contributed by atoms with van der Waals surface area (Å²) in [6, 6.07) is 9.78. The van der Waals surface area contributed by atoms with Crippen LogP contribution in [0.1, 0.15) is 12.5 Å². The monoisotopic (exact) mass is 345 g/mol. The van der Waals surface area contributed by atoms with E-state index < -0.39 is 0 Å². The van der Waals surface area contributed by atoms with Crippen LogP contribution >= 0.6 is 15.9 Å². The molecule has 5 heteroatoms. The van der Waals surface area contributed by atoms with Gasteiger partial charge in [-0.15, -0.1) is 0 Å². The van der Waals surface area contributed by atoms with Crippen LogP contribution in [0.5, 0.6) is 0 Å². The molecule has 0 bridgehead atoms. The molecule has 1 amide bonds. The van der Waals surface area contributed by atoms with Gasteiger partial charge in [0.2, 0.25) is 5.91 Å². The van der Waals surface area contributed by atoms with Crippen molar-refractivity contribution in [2.75, 3.05) is 5.32 Å². The van der Waals surface area contributed by atoms with Gasteiger partial charge in [-0.25, -0.2) is 4.68 Å². The molecule has 108 valence electrons. The number of rotatable bonds is 5. The minimum atomic E-state index is -0.175. The van der Waals surface area contributed by atoms with Crippen molar-refractivity contribution in [1.29, 1.82) is 0 Å². The lowest BCUT2D eigenvalue weighted by Gasteiger charge is -2.08. The van der Waals surface area contributed by atoms with E-state index in [9.17, 15) is 4.79 Å². The highest BCUT2D eigenvalue weighted by Crippen LogP contribution is 2.14. The first-order valence-electron chi connectivity index (χ1n) is 6.55. The molecular weight excluding hydrogens is 330 g/mol. The molecular formula is C16H16BrN3O. The summed E-state index contributed by atoms with van der Waals surface area (Å²) in [5.74, 6) is 0.499. The van der Waals surface area contributed by atoms with Crippen molar-refractivity contribution in [3.63, 3.8) is 0 Å². The molecule has 0 spiro atoms. The maximum Gasteiger partial charge on any atom is 0.249 e. The number of amides is 1. The van der Waals surface area contributed by atoms with Gasteiger partial charge in [0.1, 0.15) is 5.82 Å². The van der Waals surface area contributed by atoms with Crippen LogP contribution in [0.3, 0.4) is 0 Å². The first kappa shape index (κ1) is 15.3. The Balaban J connectivity index is 2.04. The predicted octanol–water partition coefficient (Wildman–Crippen LogP) is 3.76. The van der Waals surface area contributed by atoms with Crippen LogP contribution in [0.15, 0.2) is 65.3 Å². The summed E-state index contributed by atoms with van der Waals surface area (Å²) in [5.41, 5.74) is 1.11. The minimum Gasteiger partial charge on any atom is -0.307 e. The molecule has 0 saturated carbocycles. The lowest BCUT2D eigenvalue weighted by molar-refractivity contribution is -0.111. The van der Waals surface area contributed by atoms with E-state index in [1.165, 1.54) is 6.08 Å². The van der Waals surface area contributed by atoms with E-state index in [1.54, 1.807) is 29.1 Å². The Hall–Kier alpha value is -2.14. The fraction of sp³-hybridized carbons (Fsp3) is 0.125. The number of halogens is 1. The largest absolute Gasteiger partial charge is 0.307 e. The van der Waals surface area contributed by atoms with E-state index in [4.69, 9.17) is 0 Å². The van der Waals surface area contributed by atoms with Gasteiger partial charge in [-0.2, -0.15) is 5.10 Å². The molecule has 0 aliphatic carbocycles. The summed E-state index contributed by atoms with van der Waals surface area (Å²) in [5, 5.41) is 7.05. The number of carbonyl (C=O) groups excluding carboxylic acids is 1. The third kappa shape index (κ3) is 4.72. The number of hydrogen-bond acceptors (Lipinski definition) is 2. The molecule has 0 radical (unpaired) electrons. The lowest BCUT2D eigenvalue weighted by atomic mass is 10.2. The molecule has 0 aliphatic heterocycles. The van der Waals surface area contributed by atoms with Crippen LogP contribution in [0, 0.1) is 0 Å². The van der Waals surface area contributed by atoms with Crippen LogP contribution in [-0.2, 0) is 11.3 Å². The molecule has 1 aromatic carbocycles. The Kier molecular flexibility index (Phi) is 5.51. The summed E-state index contributed by atoms with van der Waals surface area (Å²) in [6.07, 6.45) is 8.52. The fourth-order valence-electron chi connectivity index (χ4n) is 1.75. The van der Waals surface area contributed by atoms with Crippen LogP contribution < -0.4 is 5.32 Å². The third-order valence-electron chi connectivity index (χ3n) is 2.76. The molecule has 2 rings (SSSR count). The maximum absolute atomic E-state index is 11.8. The van der Waals surface area contributed by atoms with E-state index in [0.717, 1.165) is 10.0 Å². The van der Waals surface area contributed by atoms with Gasteiger partial charge in [0.05, 0.1) is 12.7 Å². The molecule has 21 heavy (non-hydrogen) atoms. The molecule has 0 aliphatic rings. The highest BCUT2D eigenvalue weighted by Gasteiger charge is 2.05. The highest BCUT2D eigenvalue weighted by atomic mass is 79.9. The van der Waals surface area contributed by atoms with Gasteiger partial charge in [0.25, 0.3) is 0 Å². The van der Waals surface area contributed by atoms with Gasteiger partial charge in [-0.05, 0) is 24.6 Å². The van der Waals surface area contributed by atoms with Gasteiger partial charge in [0.15, 0.2) is 0 Å². The van der Waals surface area contributed by atoms with Crippen molar-refractivity contribution in [2.24, 2.45) is 0 Å². The molecule has 1 N–H and O–H groups in total. The first-order valence-corrected chi connectivity index (χ1v) is 7.35. The van der Waals surface area contributed by atoms with E-state index in [1.807, 2.05) is 37.3 Å². The van der Waals surface area contributed by atoms with Gasteiger partial charge in [-0.1, -0.05) is 46.3 Å². The van der Waals surface area contributed by atoms with Gasteiger partial charge >= 0.3 is 0 Å². The molecule has 1 aromatic heterocycles. The van der Waals surface area contributed by atoms with Gasteiger partial charge < -0.3 is 5.32 Å². The topological polar surface area (TPSA) is 46.9 Å². The van der Waals surface area contributed by atoms with E-state index >= 15 is 0 Å². The van der Waals surface area contributed by atoms with Gasteiger partial charge in [0, 0.05) is 16.6 Å². The first-order chi connectivity index (χ1) is 10.2. The zero-order valence-corrected chi connectivity index (χ0v) is 13.2. The van der Waals surface area contributed by atoms with E-state index in [-0.39, 0.29) is 5.91 Å². The summed E-state index contributed by atoms with van der Waals surface area (Å²) in [4.78, 5) is 11.8. The summed E-state index contributed by atoms with van der Waals surface area (Å²) < 4.78 is 2.79. The minimum absolute atomic E-state index is 0.175.